The molecule has 0 spiro atoms. The first-order valence-electron chi connectivity index (χ1n) is 9.62. The smallest absolute Gasteiger partial charge is 0.329 e. The van der Waals surface area contributed by atoms with Crippen molar-refractivity contribution in [2.45, 2.75) is 43.2 Å². The molecule has 152 valence electrons. The van der Waals surface area contributed by atoms with Crippen LogP contribution in [0, 0.1) is 0 Å². The third-order valence-electron chi connectivity index (χ3n) is 5.50. The summed E-state index contributed by atoms with van der Waals surface area (Å²) in [5.74, 6) is -0.200. The molecular weight excluding hydrogens is 390 g/mol. The number of urea groups is 1. The van der Waals surface area contributed by atoms with Crippen LogP contribution in [0.1, 0.15) is 31.7 Å². The average Bonchev–Trinajstić information content (AvgIpc) is 3.14. The normalized spacial score (nSPS) is 22.7. The molecule has 3 amide bonds. The second kappa shape index (κ2) is 7.27. The minimum absolute atomic E-state index is 0.137. The van der Waals surface area contributed by atoms with Gasteiger partial charge in [0.25, 0.3) is 5.91 Å². The molecule has 2 aromatic rings. The Morgan fingerprint density at radius 3 is 2.28 bits per heavy atom. The number of anilines is 1. The zero-order valence-corrected chi connectivity index (χ0v) is 17.1. The molecule has 8 heteroatoms. The Labute approximate surface area is 170 Å². The predicted molar refractivity (Wildman–Crippen MR) is 109 cm³/mol. The molecule has 2 fully saturated rings. The Balaban J connectivity index is 1.67. The molecule has 2 atom stereocenters. The maximum Gasteiger partial charge on any atom is 0.329 e. The number of benzene rings is 2. The van der Waals surface area contributed by atoms with E-state index in [0.29, 0.717) is 18.0 Å². The second-order valence-corrected chi connectivity index (χ2v) is 9.53. The summed E-state index contributed by atoms with van der Waals surface area (Å²) in [5, 5.41) is 2.81. The van der Waals surface area contributed by atoms with E-state index in [4.69, 9.17) is 0 Å². The van der Waals surface area contributed by atoms with Gasteiger partial charge >= 0.3 is 6.03 Å². The first kappa shape index (κ1) is 19.6. The van der Waals surface area contributed by atoms with Crippen molar-refractivity contribution in [3.63, 3.8) is 0 Å². The van der Waals surface area contributed by atoms with Crippen LogP contribution < -0.4 is 10.2 Å². The van der Waals surface area contributed by atoms with Crippen LogP contribution in [0.25, 0.3) is 0 Å². The van der Waals surface area contributed by atoms with E-state index in [9.17, 15) is 18.0 Å². The van der Waals surface area contributed by atoms with Gasteiger partial charge in [-0.05, 0) is 42.2 Å². The van der Waals surface area contributed by atoms with Crippen molar-refractivity contribution in [3.05, 3.63) is 60.2 Å². The molecule has 7 nitrogen and oxygen atoms in total. The molecule has 2 unspecified atom stereocenters. The van der Waals surface area contributed by atoms with E-state index >= 15 is 0 Å². The number of nitrogens with zero attached hydrogens (tertiary/aromatic N) is 2. The monoisotopic (exact) mass is 413 g/mol. The quantitative estimate of drug-likeness (QED) is 0.835. The standard InChI is InChI=1S/C21H23N3O4S/c1-14(2)15-8-10-16(11-9-15)24-20(25)19-18(22-21(24)26)12-13-23(19)29(27,28)17-6-4-3-5-7-17/h3-11,14,18-19H,12-13H2,1-2H3,(H,22,26). The summed E-state index contributed by atoms with van der Waals surface area (Å²) in [6.07, 6.45) is 0.397. The van der Waals surface area contributed by atoms with Gasteiger partial charge in [0, 0.05) is 6.54 Å². The van der Waals surface area contributed by atoms with Crippen molar-refractivity contribution in [1.29, 1.82) is 0 Å². The molecule has 2 saturated heterocycles. The van der Waals surface area contributed by atoms with Crippen LogP contribution in [0.3, 0.4) is 0 Å². The summed E-state index contributed by atoms with van der Waals surface area (Å²) in [6.45, 7) is 4.30. The molecule has 0 aliphatic carbocycles. The number of hydrogen-bond acceptors (Lipinski definition) is 4. The number of hydrogen-bond donors (Lipinski definition) is 1. The molecule has 0 aromatic heterocycles. The van der Waals surface area contributed by atoms with E-state index in [-0.39, 0.29) is 11.4 Å². The number of amides is 3. The number of nitrogens with one attached hydrogen (secondary N) is 1. The van der Waals surface area contributed by atoms with E-state index < -0.39 is 34.0 Å². The molecule has 2 aliphatic rings. The SMILES string of the molecule is CC(C)c1ccc(N2C(=O)NC3CCN(S(=O)(=O)c4ccccc4)C3C2=O)cc1. The zero-order chi connectivity index (χ0) is 20.8. The lowest BCUT2D eigenvalue weighted by atomic mass is 10.0. The van der Waals surface area contributed by atoms with Gasteiger partial charge in [0.15, 0.2) is 0 Å². The summed E-state index contributed by atoms with van der Waals surface area (Å²) in [4.78, 5) is 27.1. The molecule has 4 rings (SSSR count). The summed E-state index contributed by atoms with van der Waals surface area (Å²) >= 11 is 0. The molecule has 2 aliphatic heterocycles. The number of carbonyl (C=O) groups excluding carboxylic acids is 2. The van der Waals surface area contributed by atoms with Crippen molar-refractivity contribution >= 4 is 27.6 Å². The summed E-state index contributed by atoms with van der Waals surface area (Å²) < 4.78 is 27.5. The number of rotatable bonds is 4. The summed E-state index contributed by atoms with van der Waals surface area (Å²) in [7, 11) is -3.85. The van der Waals surface area contributed by atoms with Crippen LogP contribution in [0.5, 0.6) is 0 Å². The minimum Gasteiger partial charge on any atom is -0.332 e. The molecule has 0 radical (unpaired) electrons. The molecule has 0 saturated carbocycles. The van der Waals surface area contributed by atoms with Gasteiger partial charge in [0.05, 0.1) is 16.6 Å². The first-order chi connectivity index (χ1) is 13.8. The van der Waals surface area contributed by atoms with Crippen molar-refractivity contribution in [1.82, 2.24) is 9.62 Å². The van der Waals surface area contributed by atoms with Gasteiger partial charge in [-0.1, -0.05) is 44.2 Å². The van der Waals surface area contributed by atoms with Gasteiger partial charge in [-0.25, -0.2) is 18.1 Å². The Kier molecular flexibility index (Phi) is 4.92. The highest BCUT2D eigenvalue weighted by atomic mass is 32.2. The first-order valence-corrected chi connectivity index (χ1v) is 11.1. The highest BCUT2D eigenvalue weighted by Crippen LogP contribution is 2.32. The largest absolute Gasteiger partial charge is 0.332 e. The maximum absolute atomic E-state index is 13.3. The van der Waals surface area contributed by atoms with Crippen LogP contribution in [0.2, 0.25) is 0 Å². The molecule has 2 aromatic carbocycles. The lowest BCUT2D eigenvalue weighted by molar-refractivity contribution is -0.122. The summed E-state index contributed by atoms with van der Waals surface area (Å²) in [5.41, 5.74) is 1.52. The van der Waals surface area contributed by atoms with E-state index in [0.717, 1.165) is 10.5 Å². The van der Waals surface area contributed by atoms with Crippen LogP contribution in [-0.2, 0) is 14.8 Å². The van der Waals surface area contributed by atoms with E-state index in [1.165, 1.54) is 16.4 Å². The van der Waals surface area contributed by atoms with Crippen molar-refractivity contribution in [3.8, 4) is 0 Å². The third kappa shape index (κ3) is 3.32. The van der Waals surface area contributed by atoms with Crippen LogP contribution >= 0.6 is 0 Å². The van der Waals surface area contributed by atoms with Gasteiger partial charge in [-0.2, -0.15) is 4.31 Å². The Bertz CT molecular complexity index is 1040. The zero-order valence-electron chi connectivity index (χ0n) is 16.3. The number of carbonyl (C=O) groups is 2. The van der Waals surface area contributed by atoms with Crippen molar-refractivity contribution < 1.29 is 18.0 Å². The maximum atomic E-state index is 13.3. The van der Waals surface area contributed by atoms with Crippen LogP contribution in [0.15, 0.2) is 59.5 Å². The van der Waals surface area contributed by atoms with Gasteiger partial charge < -0.3 is 5.32 Å². The summed E-state index contributed by atoms with van der Waals surface area (Å²) in [6, 6.07) is 13.2. The van der Waals surface area contributed by atoms with E-state index in [2.05, 4.69) is 19.2 Å². The lowest BCUT2D eigenvalue weighted by Gasteiger charge is -2.36. The third-order valence-corrected chi connectivity index (χ3v) is 7.40. The van der Waals surface area contributed by atoms with Crippen molar-refractivity contribution in [2.75, 3.05) is 11.4 Å². The van der Waals surface area contributed by atoms with Crippen LogP contribution in [-0.4, -0.2) is 43.3 Å². The average molecular weight is 413 g/mol. The number of sulfonamides is 1. The van der Waals surface area contributed by atoms with Crippen molar-refractivity contribution in [2.24, 2.45) is 0 Å². The van der Waals surface area contributed by atoms with E-state index in [1.54, 1.807) is 30.3 Å². The molecule has 2 heterocycles. The second-order valence-electron chi connectivity index (χ2n) is 7.64. The Hall–Kier alpha value is -2.71. The fourth-order valence-electron chi connectivity index (χ4n) is 3.92. The molecular formula is C21H23N3O4S. The number of fused-ring (bicyclic) bond motifs is 1. The number of imide groups is 1. The van der Waals surface area contributed by atoms with Gasteiger partial charge in [0.2, 0.25) is 10.0 Å². The minimum atomic E-state index is -3.85. The Morgan fingerprint density at radius 1 is 1.00 bits per heavy atom. The fraction of sp³-hybridized carbons (Fsp3) is 0.333. The topological polar surface area (TPSA) is 86.8 Å². The molecule has 29 heavy (non-hydrogen) atoms. The van der Waals surface area contributed by atoms with Gasteiger partial charge in [0.1, 0.15) is 6.04 Å². The lowest BCUT2D eigenvalue weighted by Crippen LogP contribution is -2.64. The highest BCUT2D eigenvalue weighted by molar-refractivity contribution is 7.89. The molecule has 1 N–H and O–H groups in total. The van der Waals surface area contributed by atoms with E-state index in [1.807, 2.05) is 12.1 Å². The fourth-order valence-corrected chi connectivity index (χ4v) is 5.57. The van der Waals surface area contributed by atoms with Gasteiger partial charge in [-0.15, -0.1) is 0 Å². The van der Waals surface area contributed by atoms with Gasteiger partial charge in [-0.3, -0.25) is 4.79 Å². The molecule has 0 bridgehead atoms. The highest BCUT2D eigenvalue weighted by Gasteiger charge is 2.52. The predicted octanol–water partition coefficient (Wildman–Crippen LogP) is 2.70. The Morgan fingerprint density at radius 2 is 1.66 bits per heavy atom. The van der Waals surface area contributed by atoms with Crippen LogP contribution in [0.4, 0.5) is 10.5 Å².